The molecule has 2 heterocycles. The van der Waals surface area contributed by atoms with Gasteiger partial charge >= 0.3 is 0 Å². The fraction of sp³-hybridized carbons (Fsp3) is 0.346. The fourth-order valence-corrected chi connectivity index (χ4v) is 5.28. The molecule has 171 valence electrons. The second-order valence-electron chi connectivity index (χ2n) is 8.93. The van der Waals surface area contributed by atoms with Crippen molar-refractivity contribution in [3.8, 4) is 0 Å². The first kappa shape index (κ1) is 22.0. The third kappa shape index (κ3) is 3.61. The number of likely N-dealkylation sites (tertiary alicyclic amines) is 1. The number of allylic oxidation sites excluding steroid dienone is 3. The summed E-state index contributed by atoms with van der Waals surface area (Å²) in [5.41, 5.74) is 3.63. The lowest BCUT2D eigenvalue weighted by Crippen LogP contribution is -2.40. The van der Waals surface area contributed by atoms with Crippen molar-refractivity contribution >= 4 is 22.6 Å². The van der Waals surface area contributed by atoms with Crippen LogP contribution in [0.25, 0.3) is 11.0 Å². The molecule has 5 rings (SSSR count). The Morgan fingerprint density at radius 2 is 2.09 bits per heavy atom. The van der Waals surface area contributed by atoms with Crippen molar-refractivity contribution in [2.45, 2.75) is 44.6 Å². The van der Waals surface area contributed by atoms with E-state index in [9.17, 15) is 4.39 Å². The summed E-state index contributed by atoms with van der Waals surface area (Å²) in [5, 5.41) is 0.673. The first-order chi connectivity index (χ1) is 15.8. The molecule has 1 aromatic heterocycles. The Bertz CT molecular complexity index is 1300. The smallest absolute Gasteiger partial charge is 0.173 e. The van der Waals surface area contributed by atoms with Gasteiger partial charge in [-0.05, 0) is 62.1 Å². The van der Waals surface area contributed by atoms with Crippen LogP contribution < -0.4 is 0 Å². The standard InChI is InChI=1S/C26H25ClF2N3O/c1-15-19(27)8-9-21-23(15)31-25(30-21)26(2)10-5-11-32(26)22-14-17(13-20(29)24(22)33-3)16-6-4-7-18(28)12-16/h4,6-9,12,17H,5,10-11,14H2,1-3H3,(H,30,31)/t17?,26-/m0/s1. The average Bonchev–Trinajstić information content (AvgIpc) is 3.41. The molecule has 2 aliphatic rings. The molecule has 33 heavy (non-hydrogen) atoms. The first-order valence-electron chi connectivity index (χ1n) is 11.1. The van der Waals surface area contributed by atoms with Gasteiger partial charge in [0.05, 0.1) is 29.4 Å². The molecule has 2 aromatic carbocycles. The van der Waals surface area contributed by atoms with Gasteiger partial charge in [-0.15, -0.1) is 0 Å². The number of benzene rings is 2. The molecule has 1 saturated heterocycles. The maximum Gasteiger partial charge on any atom is 0.173 e. The van der Waals surface area contributed by atoms with E-state index in [0.717, 1.165) is 47.5 Å². The molecular formula is C26H25ClF2N3O. The van der Waals surface area contributed by atoms with Crippen molar-refractivity contribution in [1.82, 2.24) is 14.9 Å². The van der Waals surface area contributed by atoms with Crippen LogP contribution in [-0.4, -0.2) is 28.5 Å². The summed E-state index contributed by atoms with van der Waals surface area (Å²) in [6.07, 6.45) is 5.08. The molecule has 0 amide bonds. The van der Waals surface area contributed by atoms with E-state index >= 15 is 4.39 Å². The first-order valence-corrected chi connectivity index (χ1v) is 11.4. The summed E-state index contributed by atoms with van der Waals surface area (Å²) in [4.78, 5) is 10.6. The van der Waals surface area contributed by atoms with Crippen molar-refractivity contribution in [3.63, 3.8) is 0 Å². The van der Waals surface area contributed by atoms with Crippen LogP contribution in [0.15, 0.2) is 53.7 Å². The van der Waals surface area contributed by atoms with E-state index in [4.69, 9.17) is 21.3 Å². The summed E-state index contributed by atoms with van der Waals surface area (Å²) in [6, 6.07) is 10.1. The summed E-state index contributed by atoms with van der Waals surface area (Å²) in [6.45, 7) is 4.81. The van der Waals surface area contributed by atoms with Crippen LogP contribution in [0.5, 0.6) is 0 Å². The zero-order chi connectivity index (χ0) is 23.3. The van der Waals surface area contributed by atoms with Gasteiger partial charge in [-0.1, -0.05) is 23.7 Å². The minimum absolute atomic E-state index is 0.186. The Morgan fingerprint density at radius 1 is 1.27 bits per heavy atom. The highest BCUT2D eigenvalue weighted by molar-refractivity contribution is 6.32. The zero-order valence-corrected chi connectivity index (χ0v) is 19.6. The van der Waals surface area contributed by atoms with Crippen LogP contribution in [-0.2, 0) is 10.3 Å². The summed E-state index contributed by atoms with van der Waals surface area (Å²) >= 11 is 6.31. The van der Waals surface area contributed by atoms with E-state index in [-0.39, 0.29) is 11.6 Å². The number of aromatic amines is 1. The van der Waals surface area contributed by atoms with Gasteiger partial charge in [-0.25, -0.2) is 13.8 Å². The third-order valence-corrected chi connectivity index (χ3v) is 7.34. The SMILES string of the molecule is COC1=C(N2CCC[C@@]2(C)c2nc3c(C)c(Cl)ccc3[nH]2)CC(c2cccc(F)c2)[C]=C1F. The molecule has 3 aromatic rings. The largest absolute Gasteiger partial charge is 0.492 e. The van der Waals surface area contributed by atoms with Crippen molar-refractivity contribution in [1.29, 1.82) is 0 Å². The van der Waals surface area contributed by atoms with Crippen LogP contribution in [0.4, 0.5) is 8.78 Å². The molecule has 2 atom stereocenters. The van der Waals surface area contributed by atoms with Gasteiger partial charge in [0, 0.05) is 30.0 Å². The van der Waals surface area contributed by atoms with Crippen LogP contribution >= 0.6 is 11.6 Å². The van der Waals surface area contributed by atoms with Crippen molar-refractivity contribution < 1.29 is 13.5 Å². The van der Waals surface area contributed by atoms with Gasteiger partial charge in [0.15, 0.2) is 11.6 Å². The quantitative estimate of drug-likeness (QED) is 0.464. The summed E-state index contributed by atoms with van der Waals surface area (Å²) in [7, 11) is 1.47. The molecule has 1 N–H and O–H groups in total. The van der Waals surface area contributed by atoms with Gasteiger partial charge in [-0.2, -0.15) is 0 Å². The number of rotatable bonds is 4. The lowest BCUT2D eigenvalue weighted by molar-refractivity contribution is 0.162. The number of aromatic nitrogens is 2. The second-order valence-corrected chi connectivity index (χ2v) is 9.34. The number of ether oxygens (including phenoxy) is 1. The molecule has 0 saturated carbocycles. The highest BCUT2D eigenvalue weighted by atomic mass is 35.5. The zero-order valence-electron chi connectivity index (χ0n) is 18.8. The Morgan fingerprint density at radius 3 is 2.85 bits per heavy atom. The molecule has 1 radical (unpaired) electrons. The van der Waals surface area contributed by atoms with E-state index in [1.165, 1.54) is 19.2 Å². The van der Waals surface area contributed by atoms with Gasteiger partial charge in [0.2, 0.25) is 0 Å². The Kier molecular flexibility index (Phi) is 5.44. The molecule has 1 aliphatic heterocycles. The van der Waals surface area contributed by atoms with Gasteiger partial charge < -0.3 is 14.6 Å². The van der Waals surface area contributed by atoms with Crippen molar-refractivity contribution in [3.05, 3.63) is 87.5 Å². The van der Waals surface area contributed by atoms with E-state index in [2.05, 4.69) is 22.9 Å². The molecule has 1 aliphatic carbocycles. The molecule has 0 bridgehead atoms. The number of nitrogens with one attached hydrogen (secondary N) is 1. The maximum absolute atomic E-state index is 15.2. The number of nitrogens with zero attached hydrogens (tertiary/aromatic N) is 2. The predicted molar refractivity (Wildman–Crippen MR) is 125 cm³/mol. The second kappa shape index (κ2) is 8.17. The Labute approximate surface area is 196 Å². The molecule has 1 fully saturated rings. The van der Waals surface area contributed by atoms with Crippen LogP contribution in [0, 0.1) is 18.8 Å². The highest BCUT2D eigenvalue weighted by Crippen LogP contribution is 2.46. The van der Waals surface area contributed by atoms with E-state index < -0.39 is 17.3 Å². The number of methoxy groups -OCH3 is 1. The number of imidazole rings is 1. The van der Waals surface area contributed by atoms with E-state index in [1.54, 1.807) is 12.1 Å². The molecule has 0 spiro atoms. The van der Waals surface area contributed by atoms with Crippen LogP contribution in [0.3, 0.4) is 0 Å². The highest BCUT2D eigenvalue weighted by Gasteiger charge is 2.44. The Hall–Kier alpha value is -2.86. The number of hydrogen-bond acceptors (Lipinski definition) is 3. The fourth-order valence-electron chi connectivity index (χ4n) is 5.13. The van der Waals surface area contributed by atoms with Crippen LogP contribution in [0.2, 0.25) is 5.02 Å². The third-order valence-electron chi connectivity index (χ3n) is 6.93. The number of aryl methyl sites for hydroxylation is 1. The maximum atomic E-state index is 15.2. The van der Waals surface area contributed by atoms with Gasteiger partial charge in [0.25, 0.3) is 0 Å². The lowest BCUT2D eigenvalue weighted by atomic mass is 9.87. The average molecular weight is 469 g/mol. The minimum atomic E-state index is -0.547. The molecule has 7 heteroatoms. The van der Waals surface area contributed by atoms with Crippen LogP contribution in [0.1, 0.15) is 49.1 Å². The predicted octanol–water partition coefficient (Wildman–Crippen LogP) is 6.68. The molecule has 1 unspecified atom stereocenters. The summed E-state index contributed by atoms with van der Waals surface area (Å²) in [5.74, 6) is -0.304. The van der Waals surface area contributed by atoms with E-state index in [0.29, 0.717) is 17.0 Å². The Balaban J connectivity index is 1.57. The topological polar surface area (TPSA) is 41.1 Å². The monoisotopic (exact) mass is 468 g/mol. The lowest BCUT2D eigenvalue weighted by Gasteiger charge is -2.39. The van der Waals surface area contributed by atoms with Gasteiger partial charge in [0.1, 0.15) is 11.6 Å². The van der Waals surface area contributed by atoms with Gasteiger partial charge in [-0.3, -0.25) is 0 Å². The number of hydrogen-bond donors (Lipinski definition) is 1. The van der Waals surface area contributed by atoms with E-state index in [1.807, 2.05) is 19.1 Å². The minimum Gasteiger partial charge on any atom is -0.492 e. The number of fused-ring (bicyclic) bond motifs is 1. The summed E-state index contributed by atoms with van der Waals surface area (Å²) < 4.78 is 34.5. The number of halogens is 3. The normalized spacial score (nSPS) is 23.4. The molecule has 4 nitrogen and oxygen atoms in total. The van der Waals surface area contributed by atoms with Crippen molar-refractivity contribution in [2.75, 3.05) is 13.7 Å². The molecular weight excluding hydrogens is 444 g/mol. The van der Waals surface area contributed by atoms with Crippen molar-refractivity contribution in [2.24, 2.45) is 0 Å². The number of H-pyrrole nitrogens is 1.